The van der Waals surface area contributed by atoms with Gasteiger partial charge in [0.2, 0.25) is 0 Å². The molecule has 2 atom stereocenters. The van der Waals surface area contributed by atoms with Gasteiger partial charge < -0.3 is 15.2 Å². The average molecular weight is 209 g/mol. The predicted octanol–water partition coefficient (Wildman–Crippen LogP) is 1.39. The van der Waals surface area contributed by atoms with Crippen molar-refractivity contribution in [3.05, 3.63) is 23.0 Å². The molecular weight excluding hydrogens is 194 g/mol. The van der Waals surface area contributed by atoms with Gasteiger partial charge in [-0.3, -0.25) is 4.79 Å². The number of aryl methyl sites for hydroxylation is 1. The van der Waals surface area contributed by atoms with Gasteiger partial charge in [-0.05, 0) is 31.2 Å². The van der Waals surface area contributed by atoms with Crippen molar-refractivity contribution in [3.63, 3.8) is 0 Å². The summed E-state index contributed by atoms with van der Waals surface area (Å²) in [6.45, 7) is 1.95. The third-order valence-electron chi connectivity index (χ3n) is 3.06. The fourth-order valence-electron chi connectivity index (χ4n) is 2.43. The van der Waals surface area contributed by atoms with Crippen LogP contribution in [0.15, 0.2) is 6.20 Å². The van der Waals surface area contributed by atoms with Crippen molar-refractivity contribution in [2.45, 2.75) is 32.3 Å². The van der Waals surface area contributed by atoms with Gasteiger partial charge in [0.1, 0.15) is 0 Å². The number of aliphatic hydroxyl groups is 1. The highest BCUT2D eigenvalue weighted by molar-refractivity contribution is 5.67. The Morgan fingerprint density at radius 1 is 1.67 bits per heavy atom. The van der Waals surface area contributed by atoms with E-state index in [2.05, 4.69) is 4.98 Å². The third kappa shape index (κ3) is 1.90. The van der Waals surface area contributed by atoms with E-state index in [1.165, 1.54) is 0 Å². The number of carboxylic acids is 1. The highest BCUT2D eigenvalue weighted by atomic mass is 16.4. The summed E-state index contributed by atoms with van der Waals surface area (Å²) >= 11 is 0. The topological polar surface area (TPSA) is 73.3 Å². The van der Waals surface area contributed by atoms with Gasteiger partial charge in [0.15, 0.2) is 0 Å². The molecule has 3 N–H and O–H groups in total. The number of hydrogen-bond acceptors (Lipinski definition) is 2. The molecule has 82 valence electrons. The van der Waals surface area contributed by atoms with Gasteiger partial charge >= 0.3 is 5.97 Å². The fraction of sp³-hybridized carbons (Fsp3) is 0.545. The summed E-state index contributed by atoms with van der Waals surface area (Å²) in [7, 11) is 0. The second-order valence-electron chi connectivity index (χ2n) is 4.28. The van der Waals surface area contributed by atoms with Crippen LogP contribution in [0.3, 0.4) is 0 Å². The van der Waals surface area contributed by atoms with E-state index in [-0.39, 0.29) is 12.3 Å². The maximum atomic E-state index is 10.6. The molecule has 1 aromatic rings. The van der Waals surface area contributed by atoms with Gasteiger partial charge in [-0.1, -0.05) is 0 Å². The number of hydrogen-bond donors (Lipinski definition) is 3. The zero-order valence-electron chi connectivity index (χ0n) is 8.66. The second kappa shape index (κ2) is 3.70. The van der Waals surface area contributed by atoms with Crippen molar-refractivity contribution in [2.75, 3.05) is 0 Å². The van der Waals surface area contributed by atoms with Crippen LogP contribution in [0.4, 0.5) is 0 Å². The molecular formula is C11H15NO3. The minimum absolute atomic E-state index is 0.0445. The summed E-state index contributed by atoms with van der Waals surface area (Å²) in [5.74, 6) is -0.748. The highest BCUT2D eigenvalue weighted by Crippen LogP contribution is 2.35. The minimum atomic E-state index is -0.793. The molecule has 0 bridgehead atoms. The molecule has 2 unspecified atom stereocenters. The fourth-order valence-corrected chi connectivity index (χ4v) is 2.43. The number of aliphatic hydroxyl groups excluding tert-OH is 1. The molecule has 0 aromatic carbocycles. The molecule has 0 spiro atoms. The van der Waals surface area contributed by atoms with Crippen LogP contribution in [-0.2, 0) is 11.2 Å². The number of carboxylic acid groups (broad SMARTS) is 1. The molecule has 2 rings (SSSR count). The molecule has 4 heteroatoms. The summed E-state index contributed by atoms with van der Waals surface area (Å²) in [4.78, 5) is 13.7. The van der Waals surface area contributed by atoms with E-state index in [0.29, 0.717) is 6.42 Å². The van der Waals surface area contributed by atoms with E-state index in [1.54, 1.807) is 0 Å². The number of rotatable bonds is 2. The minimum Gasteiger partial charge on any atom is -0.481 e. The van der Waals surface area contributed by atoms with Crippen LogP contribution in [0.25, 0.3) is 0 Å². The lowest BCUT2D eigenvalue weighted by Crippen LogP contribution is -2.21. The van der Waals surface area contributed by atoms with Gasteiger partial charge in [0, 0.05) is 23.9 Å². The van der Waals surface area contributed by atoms with E-state index in [0.717, 1.165) is 23.2 Å². The monoisotopic (exact) mass is 209 g/mol. The first kappa shape index (κ1) is 10.2. The molecule has 4 nitrogen and oxygen atoms in total. The first-order chi connectivity index (χ1) is 7.08. The molecule has 0 radical (unpaired) electrons. The third-order valence-corrected chi connectivity index (χ3v) is 3.06. The van der Waals surface area contributed by atoms with Gasteiger partial charge in [0.25, 0.3) is 0 Å². The Hall–Kier alpha value is -1.29. The van der Waals surface area contributed by atoms with Crippen LogP contribution in [-0.4, -0.2) is 21.2 Å². The molecule has 0 saturated carbocycles. The Kier molecular flexibility index (Phi) is 2.52. The van der Waals surface area contributed by atoms with Gasteiger partial charge in [-0.2, -0.15) is 0 Å². The average Bonchev–Trinajstić information content (AvgIpc) is 2.46. The van der Waals surface area contributed by atoms with Crippen molar-refractivity contribution < 1.29 is 15.0 Å². The van der Waals surface area contributed by atoms with E-state index in [9.17, 15) is 9.90 Å². The maximum absolute atomic E-state index is 10.6. The predicted molar refractivity (Wildman–Crippen MR) is 54.6 cm³/mol. The molecule has 0 saturated heterocycles. The molecule has 1 aliphatic rings. The number of aliphatic carboxylic acids is 1. The van der Waals surface area contributed by atoms with E-state index in [4.69, 9.17) is 5.11 Å². The molecule has 0 amide bonds. The van der Waals surface area contributed by atoms with Gasteiger partial charge in [-0.25, -0.2) is 0 Å². The van der Waals surface area contributed by atoms with Crippen molar-refractivity contribution in [1.82, 2.24) is 4.98 Å². The summed E-state index contributed by atoms with van der Waals surface area (Å²) in [5.41, 5.74) is 3.03. The van der Waals surface area contributed by atoms with Crippen LogP contribution < -0.4 is 0 Å². The van der Waals surface area contributed by atoms with Crippen LogP contribution in [0, 0.1) is 12.8 Å². The Morgan fingerprint density at radius 2 is 2.40 bits per heavy atom. The van der Waals surface area contributed by atoms with Gasteiger partial charge in [0.05, 0.1) is 6.10 Å². The molecule has 0 fully saturated rings. The Labute approximate surface area is 87.9 Å². The lowest BCUT2D eigenvalue weighted by atomic mass is 9.83. The summed E-state index contributed by atoms with van der Waals surface area (Å²) < 4.78 is 0. The Bertz CT molecular complexity index is 383. The smallest absolute Gasteiger partial charge is 0.303 e. The highest BCUT2D eigenvalue weighted by Gasteiger charge is 2.29. The zero-order valence-corrected chi connectivity index (χ0v) is 8.66. The standard InChI is InChI=1S/C11H15NO3/c1-6-5-12-8-2-7(4-10(14)15)3-9(13)11(6)8/h5,7,9,12-13H,2-4H2,1H3,(H,14,15). The quantitative estimate of drug-likeness (QED) is 0.689. The van der Waals surface area contributed by atoms with E-state index < -0.39 is 12.1 Å². The Morgan fingerprint density at radius 3 is 3.07 bits per heavy atom. The van der Waals surface area contributed by atoms with Crippen LogP contribution >= 0.6 is 0 Å². The Balaban J connectivity index is 2.20. The molecule has 1 aliphatic carbocycles. The van der Waals surface area contributed by atoms with Crippen LogP contribution in [0.5, 0.6) is 0 Å². The molecule has 1 heterocycles. The lowest BCUT2D eigenvalue weighted by Gasteiger charge is -2.25. The van der Waals surface area contributed by atoms with E-state index >= 15 is 0 Å². The molecule has 1 aromatic heterocycles. The second-order valence-corrected chi connectivity index (χ2v) is 4.28. The first-order valence-corrected chi connectivity index (χ1v) is 5.14. The molecule has 15 heavy (non-hydrogen) atoms. The summed E-state index contributed by atoms with van der Waals surface area (Å²) in [6, 6.07) is 0. The zero-order chi connectivity index (χ0) is 11.0. The summed E-state index contributed by atoms with van der Waals surface area (Å²) in [6.07, 6.45) is 2.78. The van der Waals surface area contributed by atoms with Gasteiger partial charge in [-0.15, -0.1) is 0 Å². The normalized spacial score (nSPS) is 24.9. The van der Waals surface area contributed by atoms with Crippen LogP contribution in [0.2, 0.25) is 0 Å². The number of carbonyl (C=O) groups is 1. The number of nitrogens with one attached hydrogen (secondary N) is 1. The van der Waals surface area contributed by atoms with Crippen molar-refractivity contribution in [3.8, 4) is 0 Å². The van der Waals surface area contributed by atoms with Crippen molar-refractivity contribution in [1.29, 1.82) is 0 Å². The number of H-pyrrole nitrogens is 1. The van der Waals surface area contributed by atoms with Crippen molar-refractivity contribution in [2.24, 2.45) is 5.92 Å². The number of fused-ring (bicyclic) bond motifs is 1. The summed E-state index contributed by atoms with van der Waals surface area (Å²) in [5, 5.41) is 18.6. The first-order valence-electron chi connectivity index (χ1n) is 5.14. The SMILES string of the molecule is Cc1c[nH]c2c1C(O)CC(CC(=O)O)C2. The van der Waals surface area contributed by atoms with Crippen LogP contribution in [0.1, 0.15) is 35.8 Å². The maximum Gasteiger partial charge on any atom is 0.303 e. The largest absolute Gasteiger partial charge is 0.481 e. The molecule has 0 aliphatic heterocycles. The lowest BCUT2D eigenvalue weighted by molar-refractivity contribution is -0.138. The number of aromatic nitrogens is 1. The van der Waals surface area contributed by atoms with E-state index in [1.807, 2.05) is 13.1 Å². The van der Waals surface area contributed by atoms with Crippen molar-refractivity contribution >= 4 is 5.97 Å². The number of aromatic amines is 1.